The molecule has 2 heterocycles. The fourth-order valence-corrected chi connectivity index (χ4v) is 3.66. The van der Waals surface area contributed by atoms with E-state index in [0.29, 0.717) is 16.1 Å². The number of halogens is 1. The first kappa shape index (κ1) is 28.2. The number of nitrogens with zero attached hydrogens (tertiary/aromatic N) is 1. The Morgan fingerprint density at radius 1 is 1.14 bits per heavy atom. The molecule has 2 aromatic rings. The van der Waals surface area contributed by atoms with Gasteiger partial charge in [0.1, 0.15) is 16.7 Å². The quantitative estimate of drug-likeness (QED) is 0.370. The monoisotopic (exact) mass is 537 g/mol. The summed E-state index contributed by atoms with van der Waals surface area (Å²) < 4.78 is 16.2. The number of benzene rings is 1. The van der Waals surface area contributed by atoms with Crippen molar-refractivity contribution in [3.05, 3.63) is 23.2 Å². The Kier molecular flexibility index (Phi) is 8.64. The molecule has 2 atom stereocenters. The van der Waals surface area contributed by atoms with Crippen LogP contribution in [0.3, 0.4) is 0 Å². The fraction of sp³-hybridized carbons (Fsp3) is 0.542. The maximum Gasteiger partial charge on any atom is 0.408 e. The van der Waals surface area contributed by atoms with E-state index in [9.17, 15) is 19.2 Å². The second kappa shape index (κ2) is 11.3. The van der Waals surface area contributed by atoms with Crippen molar-refractivity contribution < 1.29 is 33.1 Å². The summed E-state index contributed by atoms with van der Waals surface area (Å²) >= 11 is 5.95. The highest BCUT2D eigenvalue weighted by molar-refractivity contribution is 6.31. The molecule has 3 rings (SSSR count). The number of nitrogens with one attached hydrogen (secondary N) is 4. The zero-order chi connectivity index (χ0) is 27.4. The summed E-state index contributed by atoms with van der Waals surface area (Å²) in [6.45, 7) is 8.44. The van der Waals surface area contributed by atoms with Crippen LogP contribution in [-0.2, 0) is 23.9 Å². The third kappa shape index (κ3) is 8.60. The van der Waals surface area contributed by atoms with Crippen molar-refractivity contribution in [2.24, 2.45) is 5.92 Å². The van der Waals surface area contributed by atoms with Gasteiger partial charge in [0.25, 0.3) is 0 Å². The minimum Gasteiger partial charge on any atom is -0.458 e. The van der Waals surface area contributed by atoms with Gasteiger partial charge in [-0.15, -0.1) is 0 Å². The van der Waals surface area contributed by atoms with Crippen molar-refractivity contribution in [3.8, 4) is 0 Å². The van der Waals surface area contributed by atoms with Crippen LogP contribution in [0.4, 0.5) is 10.8 Å². The molecule has 0 saturated carbocycles. The molecule has 1 unspecified atom stereocenters. The number of oxazole rings is 1. The Balaban J connectivity index is 1.42. The zero-order valence-corrected chi connectivity index (χ0v) is 22.2. The van der Waals surface area contributed by atoms with Crippen molar-refractivity contribution in [1.29, 1.82) is 0 Å². The van der Waals surface area contributed by atoms with Gasteiger partial charge in [0.15, 0.2) is 5.58 Å². The first-order valence-corrected chi connectivity index (χ1v) is 12.2. The number of aromatic nitrogens is 1. The van der Waals surface area contributed by atoms with E-state index in [1.807, 2.05) is 0 Å². The van der Waals surface area contributed by atoms with E-state index in [-0.39, 0.29) is 32.1 Å². The van der Waals surface area contributed by atoms with Gasteiger partial charge in [0.05, 0.1) is 25.0 Å². The highest BCUT2D eigenvalue weighted by atomic mass is 35.5. The number of ether oxygens (including phenoxy) is 2. The maximum atomic E-state index is 12.7. The number of amides is 3. The Morgan fingerprint density at radius 2 is 1.86 bits per heavy atom. The van der Waals surface area contributed by atoms with Crippen molar-refractivity contribution in [3.63, 3.8) is 0 Å². The average Bonchev–Trinajstić information content (AvgIpc) is 3.41. The van der Waals surface area contributed by atoms with Crippen LogP contribution in [0.25, 0.3) is 11.1 Å². The molecule has 0 spiro atoms. The number of hydrogen-bond donors (Lipinski definition) is 4. The SMILES string of the molecule is CC(C)(C)OC(=O)NCC(=O)NCC(C)(C)OC(=O)C1CN[C@H](C(=O)Nc2nc3cc(Cl)ccc3o2)C1. The summed E-state index contributed by atoms with van der Waals surface area (Å²) in [7, 11) is 0. The number of carbonyl (C=O) groups is 4. The lowest BCUT2D eigenvalue weighted by atomic mass is 10.0. The predicted molar refractivity (Wildman–Crippen MR) is 135 cm³/mol. The molecule has 1 saturated heterocycles. The van der Waals surface area contributed by atoms with E-state index in [0.717, 1.165) is 0 Å². The molecule has 0 radical (unpaired) electrons. The molecule has 3 amide bonds. The van der Waals surface area contributed by atoms with Gasteiger partial charge in [0.2, 0.25) is 11.8 Å². The van der Waals surface area contributed by atoms with Crippen molar-refractivity contribution in [1.82, 2.24) is 20.9 Å². The lowest BCUT2D eigenvalue weighted by molar-refractivity contribution is -0.161. The first-order chi connectivity index (χ1) is 17.2. The number of alkyl carbamates (subject to hydrolysis) is 1. The molecular formula is C24H32ClN5O7. The van der Waals surface area contributed by atoms with Crippen molar-refractivity contribution in [2.45, 2.75) is 58.3 Å². The molecular weight excluding hydrogens is 506 g/mol. The van der Waals surface area contributed by atoms with E-state index in [1.165, 1.54) is 0 Å². The minimum absolute atomic E-state index is 0.0272. The molecule has 12 nitrogen and oxygen atoms in total. The van der Waals surface area contributed by atoms with Crippen LogP contribution in [0.2, 0.25) is 5.02 Å². The number of fused-ring (bicyclic) bond motifs is 1. The molecule has 13 heteroatoms. The third-order valence-electron chi connectivity index (χ3n) is 5.24. The van der Waals surface area contributed by atoms with Gasteiger partial charge in [-0.05, 0) is 59.2 Å². The summed E-state index contributed by atoms with van der Waals surface area (Å²) in [5, 5.41) is 11.1. The Labute approximate surface area is 219 Å². The molecule has 1 fully saturated rings. The number of rotatable bonds is 8. The van der Waals surface area contributed by atoms with Gasteiger partial charge in [0, 0.05) is 11.6 Å². The van der Waals surface area contributed by atoms with E-state index < -0.39 is 47.0 Å². The lowest BCUT2D eigenvalue weighted by Crippen LogP contribution is -2.46. The maximum absolute atomic E-state index is 12.7. The minimum atomic E-state index is -1.02. The van der Waals surface area contributed by atoms with Crippen molar-refractivity contribution >= 4 is 52.6 Å². The highest BCUT2D eigenvalue weighted by Crippen LogP contribution is 2.24. The van der Waals surface area contributed by atoms with Gasteiger partial charge in [-0.3, -0.25) is 19.7 Å². The largest absolute Gasteiger partial charge is 0.458 e. The number of anilines is 1. The second-order valence-corrected chi connectivity index (χ2v) is 10.8. The van der Waals surface area contributed by atoms with E-state index in [4.69, 9.17) is 25.5 Å². The van der Waals surface area contributed by atoms with Crippen LogP contribution < -0.4 is 21.3 Å². The molecule has 202 valence electrons. The fourth-order valence-electron chi connectivity index (χ4n) is 3.49. The van der Waals surface area contributed by atoms with Gasteiger partial charge in [-0.1, -0.05) is 11.6 Å². The standard InChI is InChI=1S/C24H32ClN5O7/c1-23(2,3)37-22(34)27-11-18(31)28-12-24(4,5)36-20(33)13-8-16(26-10-13)19(32)30-21-29-15-9-14(25)6-7-17(15)35-21/h6-7,9,13,16,26H,8,10-12H2,1-5H3,(H,27,34)(H,28,31)(H,29,30,32)/t13?,16-/m0/s1. The molecule has 0 aliphatic carbocycles. The van der Waals surface area contributed by atoms with E-state index in [2.05, 4.69) is 26.3 Å². The molecule has 1 aliphatic rings. The van der Waals surface area contributed by atoms with Gasteiger partial charge < -0.3 is 29.8 Å². The number of carbonyl (C=O) groups excluding carboxylic acids is 4. The van der Waals surface area contributed by atoms with Crippen molar-refractivity contribution in [2.75, 3.05) is 25.0 Å². The smallest absolute Gasteiger partial charge is 0.408 e. The molecule has 1 aromatic carbocycles. The average molecular weight is 538 g/mol. The zero-order valence-electron chi connectivity index (χ0n) is 21.4. The summed E-state index contributed by atoms with van der Waals surface area (Å²) in [5.41, 5.74) is -0.697. The highest BCUT2D eigenvalue weighted by Gasteiger charge is 2.37. The van der Waals surface area contributed by atoms with E-state index in [1.54, 1.807) is 52.8 Å². The van der Waals surface area contributed by atoms with Crippen LogP contribution in [-0.4, -0.2) is 65.7 Å². The van der Waals surface area contributed by atoms with Crippen LogP contribution in [0.1, 0.15) is 41.0 Å². The molecule has 37 heavy (non-hydrogen) atoms. The second-order valence-electron chi connectivity index (χ2n) is 10.3. The van der Waals surface area contributed by atoms with Gasteiger partial charge >= 0.3 is 18.1 Å². The van der Waals surface area contributed by atoms with E-state index >= 15 is 0 Å². The summed E-state index contributed by atoms with van der Waals surface area (Å²) in [4.78, 5) is 53.2. The Hall–Kier alpha value is -3.38. The molecule has 1 aliphatic heterocycles. The first-order valence-electron chi connectivity index (χ1n) is 11.8. The topological polar surface area (TPSA) is 161 Å². The van der Waals surface area contributed by atoms with Gasteiger partial charge in [-0.25, -0.2) is 4.79 Å². The lowest BCUT2D eigenvalue weighted by Gasteiger charge is -2.27. The Morgan fingerprint density at radius 3 is 2.57 bits per heavy atom. The number of esters is 1. The van der Waals surface area contributed by atoms with Crippen LogP contribution in [0.15, 0.2) is 22.6 Å². The third-order valence-corrected chi connectivity index (χ3v) is 5.48. The van der Waals surface area contributed by atoms with Gasteiger partial charge in [-0.2, -0.15) is 4.98 Å². The summed E-state index contributed by atoms with van der Waals surface area (Å²) in [5.74, 6) is -1.90. The Bertz CT molecular complexity index is 1170. The molecule has 0 bridgehead atoms. The normalized spacial score (nSPS) is 17.8. The molecule has 4 N–H and O–H groups in total. The van der Waals surface area contributed by atoms with Crippen LogP contribution in [0, 0.1) is 5.92 Å². The molecule has 1 aromatic heterocycles. The summed E-state index contributed by atoms with van der Waals surface area (Å²) in [6.07, 6.45) is -0.486. The van der Waals surface area contributed by atoms with Crippen LogP contribution >= 0.6 is 11.6 Å². The predicted octanol–water partition coefficient (Wildman–Crippen LogP) is 2.36. The summed E-state index contributed by atoms with van der Waals surface area (Å²) in [6, 6.07) is 4.33. The number of hydrogen-bond acceptors (Lipinski definition) is 9. The van der Waals surface area contributed by atoms with Crippen LogP contribution in [0.5, 0.6) is 0 Å².